The van der Waals surface area contributed by atoms with Crippen LogP contribution in [-0.2, 0) is 0 Å². The molecule has 0 aromatic heterocycles. The summed E-state index contributed by atoms with van der Waals surface area (Å²) >= 11 is 12.1. The van der Waals surface area contributed by atoms with Gasteiger partial charge in [-0.2, -0.15) is 5.26 Å². The van der Waals surface area contributed by atoms with Gasteiger partial charge in [0.15, 0.2) is 0 Å². The Morgan fingerprint density at radius 3 is 2.60 bits per heavy atom. The summed E-state index contributed by atoms with van der Waals surface area (Å²) in [5.41, 5.74) is 8.37. The molecule has 0 heterocycles. The minimum Gasteiger partial charge on any atom is -0.399 e. The Labute approximate surface area is 127 Å². The van der Waals surface area contributed by atoms with Crippen LogP contribution in [0.3, 0.4) is 0 Å². The average Bonchev–Trinajstić information content (AvgIpc) is 2.40. The molecule has 1 unspecified atom stereocenters. The van der Waals surface area contributed by atoms with Crippen LogP contribution in [0.15, 0.2) is 36.4 Å². The lowest BCUT2D eigenvalue weighted by atomic mass is 10.1. The Bertz CT molecular complexity index is 677. The van der Waals surface area contributed by atoms with Gasteiger partial charge in [-0.15, -0.1) is 0 Å². The van der Waals surface area contributed by atoms with Crippen molar-refractivity contribution < 1.29 is 0 Å². The lowest BCUT2D eigenvalue weighted by Crippen LogP contribution is -2.08. The second-order valence-electron chi connectivity index (χ2n) is 4.45. The van der Waals surface area contributed by atoms with Gasteiger partial charge in [0.05, 0.1) is 17.3 Å². The second kappa shape index (κ2) is 6.04. The Morgan fingerprint density at radius 2 is 1.95 bits per heavy atom. The molecule has 0 spiro atoms. The maximum atomic E-state index is 9.13. The Balaban J connectivity index is 2.28. The molecule has 0 aliphatic rings. The van der Waals surface area contributed by atoms with E-state index in [9.17, 15) is 0 Å². The number of benzene rings is 2. The van der Waals surface area contributed by atoms with Crippen molar-refractivity contribution in [3.8, 4) is 6.07 Å². The van der Waals surface area contributed by atoms with Gasteiger partial charge in [0, 0.05) is 15.7 Å². The number of nitriles is 1. The second-order valence-corrected chi connectivity index (χ2v) is 5.29. The zero-order chi connectivity index (χ0) is 14.7. The average molecular weight is 306 g/mol. The molecule has 0 saturated heterocycles. The monoisotopic (exact) mass is 305 g/mol. The quantitative estimate of drug-likeness (QED) is 0.813. The van der Waals surface area contributed by atoms with Gasteiger partial charge in [0.25, 0.3) is 0 Å². The molecule has 3 nitrogen and oxygen atoms in total. The number of nitrogen functional groups attached to an aromatic ring is 1. The first-order chi connectivity index (χ1) is 9.51. The van der Waals surface area contributed by atoms with Crippen LogP contribution in [0.4, 0.5) is 11.4 Å². The zero-order valence-electron chi connectivity index (χ0n) is 10.8. The number of nitrogens with zero attached hydrogens (tertiary/aromatic N) is 1. The SMILES string of the molecule is CC(Nc1ccc(N)cc1C#N)c1ccc(Cl)cc1Cl. The van der Waals surface area contributed by atoms with E-state index in [2.05, 4.69) is 11.4 Å². The van der Waals surface area contributed by atoms with Crippen molar-refractivity contribution >= 4 is 34.6 Å². The van der Waals surface area contributed by atoms with Crippen LogP contribution in [0.1, 0.15) is 24.1 Å². The minimum atomic E-state index is -0.0597. The fraction of sp³-hybridized carbons (Fsp3) is 0.133. The van der Waals surface area contributed by atoms with Gasteiger partial charge in [-0.05, 0) is 42.8 Å². The smallest absolute Gasteiger partial charge is 0.101 e. The first-order valence-electron chi connectivity index (χ1n) is 6.02. The van der Waals surface area contributed by atoms with E-state index in [0.29, 0.717) is 21.3 Å². The fourth-order valence-corrected chi connectivity index (χ4v) is 2.52. The van der Waals surface area contributed by atoms with E-state index in [4.69, 9.17) is 34.2 Å². The van der Waals surface area contributed by atoms with Gasteiger partial charge in [-0.1, -0.05) is 29.3 Å². The summed E-state index contributed by atoms with van der Waals surface area (Å²) in [4.78, 5) is 0. The molecule has 0 aliphatic heterocycles. The Kier molecular flexibility index (Phi) is 4.39. The zero-order valence-corrected chi connectivity index (χ0v) is 12.3. The van der Waals surface area contributed by atoms with E-state index in [1.165, 1.54) is 0 Å². The summed E-state index contributed by atoms with van der Waals surface area (Å²) in [6.07, 6.45) is 0. The normalized spacial score (nSPS) is 11.7. The molecule has 0 bridgehead atoms. The maximum Gasteiger partial charge on any atom is 0.101 e. The van der Waals surface area contributed by atoms with Crippen molar-refractivity contribution in [2.24, 2.45) is 0 Å². The summed E-state index contributed by atoms with van der Waals surface area (Å²) in [7, 11) is 0. The van der Waals surface area contributed by atoms with Crippen molar-refractivity contribution in [3.63, 3.8) is 0 Å². The molecule has 0 saturated carbocycles. The summed E-state index contributed by atoms with van der Waals surface area (Å²) in [5, 5.41) is 13.6. The van der Waals surface area contributed by atoms with Crippen molar-refractivity contribution in [1.82, 2.24) is 0 Å². The van der Waals surface area contributed by atoms with Crippen molar-refractivity contribution in [3.05, 3.63) is 57.6 Å². The molecule has 5 heteroatoms. The van der Waals surface area contributed by atoms with Crippen LogP contribution in [0.5, 0.6) is 0 Å². The van der Waals surface area contributed by atoms with E-state index >= 15 is 0 Å². The highest BCUT2D eigenvalue weighted by Gasteiger charge is 2.12. The van der Waals surface area contributed by atoms with E-state index in [0.717, 1.165) is 11.3 Å². The third-order valence-electron chi connectivity index (χ3n) is 2.97. The predicted molar refractivity (Wildman–Crippen MR) is 84.1 cm³/mol. The molecule has 2 aromatic rings. The molecular weight excluding hydrogens is 293 g/mol. The van der Waals surface area contributed by atoms with Crippen LogP contribution in [0.25, 0.3) is 0 Å². The van der Waals surface area contributed by atoms with Gasteiger partial charge >= 0.3 is 0 Å². The van der Waals surface area contributed by atoms with Gasteiger partial charge in [0.2, 0.25) is 0 Å². The molecule has 102 valence electrons. The number of halogens is 2. The molecular formula is C15H13Cl2N3. The predicted octanol–water partition coefficient (Wildman–Crippen LogP) is 4.62. The molecule has 2 rings (SSSR count). The van der Waals surface area contributed by atoms with Crippen LogP contribution >= 0.6 is 23.2 Å². The molecule has 1 atom stereocenters. The van der Waals surface area contributed by atoms with E-state index in [-0.39, 0.29) is 6.04 Å². The molecule has 0 amide bonds. The molecule has 3 N–H and O–H groups in total. The summed E-state index contributed by atoms with van der Waals surface area (Å²) in [5.74, 6) is 0. The van der Waals surface area contributed by atoms with E-state index in [1.54, 1.807) is 30.3 Å². The molecule has 0 radical (unpaired) electrons. The number of hydrogen-bond donors (Lipinski definition) is 2. The molecule has 20 heavy (non-hydrogen) atoms. The lowest BCUT2D eigenvalue weighted by Gasteiger charge is -2.18. The number of anilines is 2. The van der Waals surface area contributed by atoms with Crippen LogP contribution < -0.4 is 11.1 Å². The first-order valence-corrected chi connectivity index (χ1v) is 6.78. The highest BCUT2D eigenvalue weighted by atomic mass is 35.5. The lowest BCUT2D eigenvalue weighted by molar-refractivity contribution is 0.884. The van der Waals surface area contributed by atoms with Crippen LogP contribution in [0, 0.1) is 11.3 Å². The Morgan fingerprint density at radius 1 is 1.20 bits per heavy atom. The maximum absolute atomic E-state index is 9.13. The Hall–Kier alpha value is -1.89. The largest absolute Gasteiger partial charge is 0.399 e. The van der Waals surface area contributed by atoms with Gasteiger partial charge < -0.3 is 11.1 Å². The summed E-state index contributed by atoms with van der Waals surface area (Å²) in [6, 6.07) is 12.6. The number of hydrogen-bond acceptors (Lipinski definition) is 3. The molecule has 0 aliphatic carbocycles. The van der Waals surface area contributed by atoms with E-state index in [1.807, 2.05) is 13.0 Å². The summed E-state index contributed by atoms with van der Waals surface area (Å²) in [6.45, 7) is 1.96. The number of rotatable bonds is 3. The topological polar surface area (TPSA) is 61.8 Å². The van der Waals surface area contributed by atoms with Gasteiger partial charge in [-0.25, -0.2) is 0 Å². The standard InChI is InChI=1S/C15H13Cl2N3/c1-9(13-4-2-11(16)7-14(13)17)20-15-5-3-12(19)6-10(15)8-18/h2-7,9,20H,19H2,1H3. The van der Waals surface area contributed by atoms with Crippen LogP contribution in [-0.4, -0.2) is 0 Å². The van der Waals surface area contributed by atoms with Crippen molar-refractivity contribution in [2.75, 3.05) is 11.1 Å². The number of nitrogens with two attached hydrogens (primary N) is 1. The molecule has 2 aromatic carbocycles. The summed E-state index contributed by atoms with van der Waals surface area (Å²) < 4.78 is 0. The van der Waals surface area contributed by atoms with Crippen molar-refractivity contribution in [2.45, 2.75) is 13.0 Å². The highest BCUT2D eigenvalue weighted by Crippen LogP contribution is 2.29. The van der Waals surface area contributed by atoms with Gasteiger partial charge in [-0.3, -0.25) is 0 Å². The number of nitrogens with one attached hydrogen (secondary N) is 1. The highest BCUT2D eigenvalue weighted by molar-refractivity contribution is 6.35. The third-order valence-corrected chi connectivity index (χ3v) is 3.53. The molecule has 0 fully saturated rings. The minimum absolute atomic E-state index is 0.0597. The van der Waals surface area contributed by atoms with Crippen LogP contribution in [0.2, 0.25) is 10.0 Å². The fourth-order valence-electron chi connectivity index (χ4n) is 1.94. The van der Waals surface area contributed by atoms with Crippen molar-refractivity contribution in [1.29, 1.82) is 5.26 Å². The van der Waals surface area contributed by atoms with Gasteiger partial charge in [0.1, 0.15) is 6.07 Å². The first kappa shape index (κ1) is 14.5. The third kappa shape index (κ3) is 3.16. The van der Waals surface area contributed by atoms with E-state index < -0.39 is 0 Å².